The van der Waals surface area contributed by atoms with Crippen LogP contribution in [0.15, 0.2) is 12.3 Å². The number of rotatable bonds is 2. The van der Waals surface area contributed by atoms with Crippen LogP contribution in [0.3, 0.4) is 0 Å². The van der Waals surface area contributed by atoms with Crippen molar-refractivity contribution in [3.05, 3.63) is 22.8 Å². The number of hydrogen-bond acceptors (Lipinski definition) is 5. The minimum absolute atomic E-state index is 0.0271. The van der Waals surface area contributed by atoms with Gasteiger partial charge in [0.1, 0.15) is 0 Å². The van der Waals surface area contributed by atoms with Gasteiger partial charge >= 0.3 is 0 Å². The van der Waals surface area contributed by atoms with Crippen LogP contribution in [0.1, 0.15) is 17.3 Å². The normalized spacial score (nSPS) is 19.7. The van der Waals surface area contributed by atoms with Crippen LogP contribution in [0, 0.1) is 0 Å². The molecule has 98 valence electrons. The highest BCUT2D eigenvalue weighted by Crippen LogP contribution is 2.22. The van der Waals surface area contributed by atoms with Crippen molar-refractivity contribution in [2.45, 2.75) is 13.0 Å². The van der Waals surface area contributed by atoms with E-state index in [9.17, 15) is 4.79 Å². The zero-order valence-electron chi connectivity index (χ0n) is 10.0. The molecule has 1 aromatic rings. The number of carbonyl (C=O) groups is 1. The van der Waals surface area contributed by atoms with Gasteiger partial charge in [-0.25, -0.2) is 10.8 Å². The van der Waals surface area contributed by atoms with Gasteiger partial charge in [-0.2, -0.15) is 11.8 Å². The number of nitrogens with two attached hydrogens (primary N) is 1. The SMILES string of the molecule is CC1CSCCN1C(=O)c1cnc(NN)c(Cl)c1. The Kier molecular flexibility index (Phi) is 4.31. The number of halogens is 1. The molecule has 5 nitrogen and oxygen atoms in total. The van der Waals surface area contributed by atoms with Crippen molar-refractivity contribution in [3.8, 4) is 0 Å². The van der Waals surface area contributed by atoms with Gasteiger partial charge in [0.05, 0.1) is 10.6 Å². The Balaban J connectivity index is 2.20. The van der Waals surface area contributed by atoms with Crippen molar-refractivity contribution in [3.63, 3.8) is 0 Å². The lowest BCUT2D eigenvalue weighted by molar-refractivity contribution is 0.0715. The van der Waals surface area contributed by atoms with Crippen LogP contribution in [0.25, 0.3) is 0 Å². The third kappa shape index (κ3) is 2.71. The molecule has 1 fully saturated rings. The fraction of sp³-hybridized carbons (Fsp3) is 0.455. The first kappa shape index (κ1) is 13.5. The first-order valence-corrected chi connectivity index (χ1v) is 7.17. The van der Waals surface area contributed by atoms with Gasteiger partial charge in [-0.1, -0.05) is 11.6 Å². The number of aromatic nitrogens is 1. The van der Waals surface area contributed by atoms with Gasteiger partial charge in [-0.3, -0.25) is 4.79 Å². The smallest absolute Gasteiger partial charge is 0.255 e. The molecule has 3 N–H and O–H groups in total. The molecule has 0 aromatic carbocycles. The average Bonchev–Trinajstić information content (AvgIpc) is 2.38. The van der Waals surface area contributed by atoms with Crippen molar-refractivity contribution in [2.24, 2.45) is 5.84 Å². The number of nitrogens with one attached hydrogen (secondary N) is 1. The van der Waals surface area contributed by atoms with E-state index in [2.05, 4.69) is 17.3 Å². The molecule has 1 aliphatic rings. The summed E-state index contributed by atoms with van der Waals surface area (Å²) in [5.41, 5.74) is 2.88. The van der Waals surface area contributed by atoms with E-state index in [-0.39, 0.29) is 11.9 Å². The maximum atomic E-state index is 12.3. The molecule has 0 aliphatic carbocycles. The van der Waals surface area contributed by atoms with Crippen molar-refractivity contribution >= 4 is 35.1 Å². The quantitative estimate of drug-likeness (QED) is 0.638. The van der Waals surface area contributed by atoms with Gasteiger partial charge in [0, 0.05) is 30.3 Å². The molecule has 18 heavy (non-hydrogen) atoms. The van der Waals surface area contributed by atoms with Crippen molar-refractivity contribution < 1.29 is 4.79 Å². The maximum Gasteiger partial charge on any atom is 0.255 e. The number of anilines is 1. The van der Waals surface area contributed by atoms with Crippen molar-refractivity contribution in [2.75, 3.05) is 23.5 Å². The molecule has 1 unspecified atom stereocenters. The molecule has 2 heterocycles. The van der Waals surface area contributed by atoms with Crippen molar-refractivity contribution in [1.29, 1.82) is 0 Å². The summed E-state index contributed by atoms with van der Waals surface area (Å²) >= 11 is 7.84. The molecule has 7 heteroatoms. The van der Waals surface area contributed by atoms with Crippen LogP contribution >= 0.6 is 23.4 Å². The maximum absolute atomic E-state index is 12.3. The highest BCUT2D eigenvalue weighted by molar-refractivity contribution is 7.99. The largest absolute Gasteiger partial charge is 0.334 e. The van der Waals surface area contributed by atoms with Crippen LogP contribution in [-0.4, -0.2) is 39.9 Å². The Morgan fingerprint density at radius 1 is 1.72 bits per heavy atom. The first-order chi connectivity index (χ1) is 8.63. The molecule has 2 rings (SSSR count). The van der Waals surface area contributed by atoms with Gasteiger partial charge in [0.15, 0.2) is 5.82 Å². The van der Waals surface area contributed by atoms with E-state index in [0.717, 1.165) is 18.1 Å². The molecule has 0 radical (unpaired) electrons. The number of hydrazine groups is 1. The second-order valence-electron chi connectivity index (χ2n) is 4.12. The molecule has 0 bridgehead atoms. The molecular formula is C11H15ClN4OS. The molecule has 1 amide bonds. The van der Waals surface area contributed by atoms with Crippen LogP contribution in [0.4, 0.5) is 5.82 Å². The Morgan fingerprint density at radius 3 is 3.11 bits per heavy atom. The van der Waals surface area contributed by atoms with E-state index in [1.54, 1.807) is 6.07 Å². The minimum Gasteiger partial charge on any atom is -0.334 e. The number of hydrogen-bond donors (Lipinski definition) is 2. The summed E-state index contributed by atoms with van der Waals surface area (Å²) in [6, 6.07) is 1.84. The second-order valence-corrected chi connectivity index (χ2v) is 5.68. The zero-order chi connectivity index (χ0) is 13.1. The van der Waals surface area contributed by atoms with Gasteiger partial charge in [0.2, 0.25) is 0 Å². The summed E-state index contributed by atoms with van der Waals surface area (Å²) in [6.07, 6.45) is 1.50. The third-order valence-electron chi connectivity index (χ3n) is 2.85. The number of amides is 1. The predicted molar refractivity (Wildman–Crippen MR) is 74.9 cm³/mol. The molecule has 1 saturated heterocycles. The van der Waals surface area contributed by atoms with Gasteiger partial charge in [0.25, 0.3) is 5.91 Å². The Bertz CT molecular complexity index is 457. The molecule has 1 atom stereocenters. The van der Waals surface area contributed by atoms with Gasteiger partial charge in [-0.05, 0) is 13.0 Å². The van der Waals surface area contributed by atoms with Crippen LogP contribution in [0.5, 0.6) is 0 Å². The fourth-order valence-electron chi connectivity index (χ4n) is 1.86. The number of carbonyl (C=O) groups excluding carboxylic acids is 1. The number of thioether (sulfide) groups is 1. The van der Waals surface area contributed by atoms with E-state index < -0.39 is 0 Å². The topological polar surface area (TPSA) is 71.2 Å². The Labute approximate surface area is 115 Å². The number of pyridine rings is 1. The third-order valence-corrected chi connectivity index (χ3v) is 4.33. The number of nitrogen functional groups attached to an aromatic ring is 1. The number of nitrogens with zero attached hydrogens (tertiary/aromatic N) is 2. The zero-order valence-corrected chi connectivity index (χ0v) is 11.6. The van der Waals surface area contributed by atoms with Crippen molar-refractivity contribution in [1.82, 2.24) is 9.88 Å². The first-order valence-electron chi connectivity index (χ1n) is 5.64. The summed E-state index contributed by atoms with van der Waals surface area (Å²) < 4.78 is 0. The summed E-state index contributed by atoms with van der Waals surface area (Å²) in [4.78, 5) is 18.2. The van der Waals surface area contributed by atoms with E-state index >= 15 is 0 Å². The van der Waals surface area contributed by atoms with Crippen LogP contribution < -0.4 is 11.3 Å². The van der Waals surface area contributed by atoms with E-state index in [1.807, 2.05) is 16.7 Å². The summed E-state index contributed by atoms with van der Waals surface area (Å²) in [5, 5.41) is 0.349. The minimum atomic E-state index is -0.0271. The Morgan fingerprint density at radius 2 is 2.50 bits per heavy atom. The monoisotopic (exact) mass is 286 g/mol. The molecule has 1 aromatic heterocycles. The van der Waals surface area contributed by atoms with E-state index in [0.29, 0.717) is 16.4 Å². The van der Waals surface area contributed by atoms with Gasteiger partial charge in [-0.15, -0.1) is 0 Å². The standard InChI is InChI=1S/C11H15ClN4OS/c1-7-6-18-3-2-16(7)11(17)8-4-9(12)10(15-13)14-5-8/h4-5,7H,2-3,6,13H2,1H3,(H,14,15). The second kappa shape index (κ2) is 5.77. The molecular weight excluding hydrogens is 272 g/mol. The fourth-order valence-corrected chi connectivity index (χ4v) is 3.09. The average molecular weight is 287 g/mol. The summed E-state index contributed by atoms with van der Waals surface area (Å²) in [6.45, 7) is 2.81. The summed E-state index contributed by atoms with van der Waals surface area (Å²) in [7, 11) is 0. The lowest BCUT2D eigenvalue weighted by Gasteiger charge is -2.33. The van der Waals surface area contributed by atoms with E-state index in [4.69, 9.17) is 17.4 Å². The van der Waals surface area contributed by atoms with Crippen LogP contribution in [-0.2, 0) is 0 Å². The van der Waals surface area contributed by atoms with Gasteiger partial charge < -0.3 is 10.3 Å². The highest BCUT2D eigenvalue weighted by Gasteiger charge is 2.25. The molecule has 1 aliphatic heterocycles. The van der Waals surface area contributed by atoms with E-state index in [1.165, 1.54) is 6.20 Å². The molecule has 0 saturated carbocycles. The summed E-state index contributed by atoms with van der Waals surface area (Å²) in [5.74, 6) is 7.53. The highest BCUT2D eigenvalue weighted by atomic mass is 35.5. The molecule has 0 spiro atoms. The predicted octanol–water partition coefficient (Wildman–Crippen LogP) is 1.60. The van der Waals surface area contributed by atoms with Crippen LogP contribution in [0.2, 0.25) is 5.02 Å². The lowest BCUT2D eigenvalue weighted by Crippen LogP contribution is -2.44. The Hall–Kier alpha value is -0.980. The lowest BCUT2D eigenvalue weighted by atomic mass is 10.2.